The largest absolute Gasteiger partial charge is 0.484 e. The summed E-state index contributed by atoms with van der Waals surface area (Å²) in [6, 6.07) is 11.7. The Kier molecular flexibility index (Phi) is 4.17. The number of hydrogen-bond acceptors (Lipinski definition) is 5. The van der Waals surface area contributed by atoms with Crippen LogP contribution in [0.25, 0.3) is 0 Å². The number of pyridine rings is 1. The lowest BCUT2D eigenvalue weighted by molar-refractivity contribution is -0.0606. The van der Waals surface area contributed by atoms with Crippen LogP contribution in [0.5, 0.6) is 5.75 Å². The van der Waals surface area contributed by atoms with Gasteiger partial charge in [0.2, 0.25) is 0 Å². The first-order chi connectivity index (χ1) is 12.5. The molecule has 2 aliphatic rings. The van der Waals surface area contributed by atoms with E-state index in [4.69, 9.17) is 26.0 Å². The van der Waals surface area contributed by atoms with Crippen molar-refractivity contribution in [1.29, 1.82) is 10.8 Å². The molecule has 1 aliphatic heterocycles. The van der Waals surface area contributed by atoms with Crippen molar-refractivity contribution in [2.75, 3.05) is 13.2 Å². The van der Waals surface area contributed by atoms with Gasteiger partial charge in [-0.25, -0.2) is 0 Å². The smallest absolute Gasteiger partial charge is 0.137 e. The number of nitrogens with one attached hydrogen (secondary N) is 2. The number of hydrogen-bond donors (Lipinski definition) is 3. The first-order valence-electron chi connectivity index (χ1n) is 8.93. The molecule has 4 rings (SSSR count). The van der Waals surface area contributed by atoms with Crippen LogP contribution in [0.2, 0.25) is 0 Å². The molecule has 6 nitrogen and oxygen atoms in total. The monoisotopic (exact) mass is 352 g/mol. The van der Waals surface area contributed by atoms with E-state index in [1.165, 1.54) is 0 Å². The van der Waals surface area contributed by atoms with Crippen LogP contribution >= 0.6 is 0 Å². The van der Waals surface area contributed by atoms with E-state index >= 15 is 0 Å². The quantitative estimate of drug-likeness (QED) is 0.585. The van der Waals surface area contributed by atoms with Crippen LogP contribution in [0.4, 0.5) is 0 Å². The van der Waals surface area contributed by atoms with Crippen molar-refractivity contribution in [3.05, 3.63) is 59.2 Å². The molecule has 2 heterocycles. The molecule has 136 valence electrons. The first kappa shape index (κ1) is 17.0. The minimum Gasteiger partial charge on any atom is -0.484 e. The predicted octanol–water partition coefficient (Wildman–Crippen LogP) is 2.74. The zero-order valence-electron chi connectivity index (χ0n) is 14.9. The molecule has 1 fully saturated rings. The third kappa shape index (κ3) is 2.85. The van der Waals surface area contributed by atoms with Crippen molar-refractivity contribution >= 4 is 5.84 Å². The van der Waals surface area contributed by atoms with Crippen molar-refractivity contribution < 1.29 is 9.47 Å². The van der Waals surface area contributed by atoms with Gasteiger partial charge in [0.25, 0.3) is 0 Å². The number of benzene rings is 1. The Morgan fingerprint density at radius 2 is 1.92 bits per heavy atom. The zero-order chi connectivity index (χ0) is 18.3. The van der Waals surface area contributed by atoms with Crippen LogP contribution in [0.15, 0.2) is 42.6 Å². The van der Waals surface area contributed by atoms with Gasteiger partial charge in [-0.2, -0.15) is 0 Å². The fraction of sp³-hybridized carbons (Fsp3) is 0.400. The van der Waals surface area contributed by atoms with Crippen LogP contribution in [0, 0.1) is 16.2 Å². The molecule has 0 spiro atoms. The summed E-state index contributed by atoms with van der Waals surface area (Å²) in [5.74, 6) is 1.02. The van der Waals surface area contributed by atoms with Crippen molar-refractivity contribution in [2.24, 2.45) is 11.1 Å². The van der Waals surface area contributed by atoms with E-state index in [9.17, 15) is 0 Å². The van der Waals surface area contributed by atoms with Gasteiger partial charge in [0.05, 0.1) is 24.8 Å². The number of nitrogens with zero attached hydrogens (tertiary/aromatic N) is 1. The summed E-state index contributed by atoms with van der Waals surface area (Å²) in [7, 11) is 0. The summed E-state index contributed by atoms with van der Waals surface area (Å²) in [5.41, 5.74) is 8.42. The average molecular weight is 352 g/mol. The summed E-state index contributed by atoms with van der Waals surface area (Å²) in [6.07, 6.45) is 3.41. The van der Waals surface area contributed by atoms with E-state index in [2.05, 4.69) is 12.1 Å². The number of aromatic nitrogens is 1. The van der Waals surface area contributed by atoms with E-state index in [0.717, 1.165) is 24.0 Å². The van der Waals surface area contributed by atoms with Gasteiger partial charge >= 0.3 is 0 Å². The fourth-order valence-electron chi connectivity index (χ4n) is 3.64. The van der Waals surface area contributed by atoms with Crippen LogP contribution in [-0.2, 0) is 4.74 Å². The lowest BCUT2D eigenvalue weighted by Gasteiger charge is -2.38. The molecular weight excluding hydrogens is 328 g/mol. The molecule has 1 aromatic heterocycles. The van der Waals surface area contributed by atoms with Gasteiger partial charge in [-0.05, 0) is 43.0 Å². The van der Waals surface area contributed by atoms with Gasteiger partial charge in [-0.1, -0.05) is 24.3 Å². The summed E-state index contributed by atoms with van der Waals surface area (Å²) in [6.45, 7) is 3.01. The molecule has 1 aromatic carbocycles. The lowest BCUT2D eigenvalue weighted by Crippen LogP contribution is -2.50. The second kappa shape index (κ2) is 6.37. The van der Waals surface area contributed by atoms with Crippen LogP contribution in [0.1, 0.15) is 43.0 Å². The molecular formula is C20H24N4O2. The summed E-state index contributed by atoms with van der Waals surface area (Å²) in [5, 5.41) is 16.6. The predicted molar refractivity (Wildman–Crippen MR) is 98.3 cm³/mol. The molecule has 1 aliphatic carbocycles. The second-order valence-electron chi connectivity index (χ2n) is 7.44. The van der Waals surface area contributed by atoms with Crippen molar-refractivity contribution in [3.63, 3.8) is 0 Å². The van der Waals surface area contributed by atoms with Gasteiger partial charge < -0.3 is 15.2 Å². The summed E-state index contributed by atoms with van der Waals surface area (Å²) in [4.78, 5) is 0. The molecule has 6 heteroatoms. The first-order valence-corrected chi connectivity index (χ1v) is 8.93. The SMILES string of the molecule is CC1(C(=N)n2cc(OC3CCC(N)c4ccccc43)ccc2=N)COC1. The third-order valence-electron chi connectivity index (χ3n) is 5.34. The standard InChI is InChI=1S/C20H24N4O2/c1-20(11-25-12-20)19(23)24-10-13(6-9-18(24)22)26-17-8-7-16(21)14-4-2-3-5-15(14)17/h2-6,9-10,16-17,22-23H,7-8,11-12,21H2,1H3. The Labute approximate surface area is 152 Å². The van der Waals surface area contributed by atoms with Crippen LogP contribution in [-0.4, -0.2) is 23.6 Å². The Hall–Kier alpha value is -2.44. The normalized spacial score (nSPS) is 23.6. The Balaban J connectivity index is 1.62. The highest BCUT2D eigenvalue weighted by atomic mass is 16.5. The lowest BCUT2D eigenvalue weighted by atomic mass is 9.86. The summed E-state index contributed by atoms with van der Waals surface area (Å²) < 4.78 is 13.1. The van der Waals surface area contributed by atoms with Crippen LogP contribution < -0.4 is 16.0 Å². The Morgan fingerprint density at radius 3 is 2.62 bits per heavy atom. The van der Waals surface area contributed by atoms with Gasteiger partial charge in [0.1, 0.15) is 23.2 Å². The van der Waals surface area contributed by atoms with Gasteiger partial charge in [0, 0.05) is 6.04 Å². The number of ether oxygens (including phenoxy) is 2. The highest BCUT2D eigenvalue weighted by molar-refractivity contribution is 5.88. The average Bonchev–Trinajstić information content (AvgIpc) is 2.63. The molecule has 1 saturated heterocycles. The van der Waals surface area contributed by atoms with E-state index in [-0.39, 0.29) is 23.0 Å². The second-order valence-corrected chi connectivity index (χ2v) is 7.44. The molecule has 0 radical (unpaired) electrons. The Morgan fingerprint density at radius 1 is 1.19 bits per heavy atom. The topological polar surface area (TPSA) is 97.1 Å². The fourth-order valence-corrected chi connectivity index (χ4v) is 3.64. The third-order valence-corrected chi connectivity index (χ3v) is 5.34. The zero-order valence-corrected chi connectivity index (χ0v) is 14.9. The van der Waals surface area contributed by atoms with Crippen LogP contribution in [0.3, 0.4) is 0 Å². The van der Waals surface area contributed by atoms with E-state index in [1.54, 1.807) is 22.9 Å². The van der Waals surface area contributed by atoms with E-state index < -0.39 is 0 Å². The minimum atomic E-state index is -0.344. The highest BCUT2D eigenvalue weighted by Crippen LogP contribution is 2.37. The highest BCUT2D eigenvalue weighted by Gasteiger charge is 2.39. The van der Waals surface area contributed by atoms with Crippen molar-refractivity contribution in [2.45, 2.75) is 31.9 Å². The molecule has 2 unspecified atom stereocenters. The number of nitrogens with two attached hydrogens (primary N) is 1. The van der Waals surface area contributed by atoms with Crippen molar-refractivity contribution in [1.82, 2.24) is 4.57 Å². The van der Waals surface area contributed by atoms with Gasteiger partial charge in [-0.3, -0.25) is 15.4 Å². The molecule has 2 aromatic rings. The molecule has 2 atom stereocenters. The van der Waals surface area contributed by atoms with E-state index in [1.807, 2.05) is 19.1 Å². The number of fused-ring (bicyclic) bond motifs is 1. The maximum atomic E-state index is 8.48. The molecule has 0 amide bonds. The molecule has 0 bridgehead atoms. The van der Waals surface area contributed by atoms with Crippen molar-refractivity contribution in [3.8, 4) is 5.75 Å². The van der Waals surface area contributed by atoms with E-state index in [0.29, 0.717) is 24.8 Å². The molecule has 4 N–H and O–H groups in total. The maximum absolute atomic E-state index is 8.48. The van der Waals surface area contributed by atoms with Gasteiger partial charge in [-0.15, -0.1) is 0 Å². The summed E-state index contributed by atoms with van der Waals surface area (Å²) >= 11 is 0. The molecule has 26 heavy (non-hydrogen) atoms. The maximum Gasteiger partial charge on any atom is 0.137 e. The molecule has 0 saturated carbocycles. The minimum absolute atomic E-state index is 0.0540. The number of rotatable bonds is 3. The van der Waals surface area contributed by atoms with Gasteiger partial charge in [0.15, 0.2) is 0 Å². The Bertz CT molecular complexity index is 901.